The lowest BCUT2D eigenvalue weighted by Gasteiger charge is -2.16. The summed E-state index contributed by atoms with van der Waals surface area (Å²) in [4.78, 5) is 1.43. The van der Waals surface area contributed by atoms with E-state index in [0.29, 0.717) is 6.04 Å². The van der Waals surface area contributed by atoms with E-state index in [1.807, 2.05) is 17.4 Å². The average molecular weight is 223 g/mol. The van der Waals surface area contributed by atoms with Crippen LogP contribution in [0.1, 0.15) is 37.5 Å². The van der Waals surface area contributed by atoms with E-state index in [-0.39, 0.29) is 0 Å². The molecule has 1 unspecified atom stereocenters. The minimum Gasteiger partial charge on any atom is -0.309 e. The molecule has 0 aliphatic rings. The molecular weight excluding hydrogens is 202 g/mol. The zero-order valence-corrected chi connectivity index (χ0v) is 10.4. The zero-order chi connectivity index (χ0) is 10.9. The smallest absolute Gasteiger partial charge is 0.0302 e. The van der Waals surface area contributed by atoms with E-state index in [0.717, 1.165) is 13.0 Å². The number of thiophene rings is 1. The SMILES string of the molecule is C=CCCC(CCC)NCc1cccs1. The molecule has 1 atom stereocenters. The van der Waals surface area contributed by atoms with Gasteiger partial charge in [-0.25, -0.2) is 0 Å². The number of rotatable bonds is 8. The Kier molecular flexibility index (Phi) is 6.37. The van der Waals surface area contributed by atoms with Gasteiger partial charge in [-0.1, -0.05) is 25.5 Å². The molecule has 1 nitrogen and oxygen atoms in total. The van der Waals surface area contributed by atoms with Crippen LogP contribution < -0.4 is 5.32 Å². The molecule has 0 spiro atoms. The number of hydrogen-bond acceptors (Lipinski definition) is 2. The molecule has 84 valence electrons. The van der Waals surface area contributed by atoms with E-state index >= 15 is 0 Å². The van der Waals surface area contributed by atoms with Gasteiger partial charge in [0.25, 0.3) is 0 Å². The minimum absolute atomic E-state index is 0.648. The molecule has 2 heteroatoms. The summed E-state index contributed by atoms with van der Waals surface area (Å²) < 4.78 is 0. The molecule has 0 bridgehead atoms. The quantitative estimate of drug-likeness (QED) is 0.657. The van der Waals surface area contributed by atoms with Gasteiger partial charge in [-0.2, -0.15) is 0 Å². The molecular formula is C13H21NS. The lowest BCUT2D eigenvalue weighted by Crippen LogP contribution is -2.27. The largest absolute Gasteiger partial charge is 0.309 e. The Morgan fingerprint density at radius 2 is 2.40 bits per heavy atom. The highest BCUT2D eigenvalue weighted by atomic mass is 32.1. The Bertz CT molecular complexity index is 254. The van der Waals surface area contributed by atoms with Crippen LogP contribution in [0.4, 0.5) is 0 Å². The van der Waals surface area contributed by atoms with Gasteiger partial charge in [-0.3, -0.25) is 0 Å². The predicted molar refractivity (Wildman–Crippen MR) is 69.3 cm³/mol. The van der Waals surface area contributed by atoms with Crippen molar-refractivity contribution in [1.82, 2.24) is 5.32 Å². The average Bonchev–Trinajstić information content (AvgIpc) is 2.75. The Morgan fingerprint density at radius 1 is 1.53 bits per heavy atom. The van der Waals surface area contributed by atoms with Crippen LogP contribution in [0, 0.1) is 0 Å². The fourth-order valence-electron chi connectivity index (χ4n) is 1.67. The fourth-order valence-corrected chi connectivity index (χ4v) is 2.33. The Hall–Kier alpha value is -0.600. The predicted octanol–water partition coefficient (Wildman–Crippen LogP) is 3.97. The lowest BCUT2D eigenvalue weighted by atomic mass is 10.1. The zero-order valence-electron chi connectivity index (χ0n) is 9.54. The van der Waals surface area contributed by atoms with Gasteiger partial charge in [0.15, 0.2) is 0 Å². The van der Waals surface area contributed by atoms with Gasteiger partial charge < -0.3 is 5.32 Å². The lowest BCUT2D eigenvalue weighted by molar-refractivity contribution is 0.452. The molecule has 0 fully saturated rings. The third-order valence-electron chi connectivity index (χ3n) is 2.50. The molecule has 0 radical (unpaired) electrons. The van der Waals surface area contributed by atoms with Crippen LogP contribution in [0.2, 0.25) is 0 Å². The van der Waals surface area contributed by atoms with Crippen LogP contribution in [0.25, 0.3) is 0 Å². The summed E-state index contributed by atoms with van der Waals surface area (Å²) in [5.74, 6) is 0. The first-order valence-electron chi connectivity index (χ1n) is 5.73. The molecule has 0 aliphatic carbocycles. The Labute approximate surface area is 97.2 Å². The second-order valence-corrected chi connectivity index (χ2v) is 4.84. The van der Waals surface area contributed by atoms with Gasteiger partial charge >= 0.3 is 0 Å². The van der Waals surface area contributed by atoms with E-state index in [2.05, 4.69) is 36.3 Å². The molecule has 1 rings (SSSR count). The maximum absolute atomic E-state index is 3.78. The molecule has 0 amide bonds. The van der Waals surface area contributed by atoms with Crippen molar-refractivity contribution >= 4 is 11.3 Å². The van der Waals surface area contributed by atoms with Crippen molar-refractivity contribution in [3.8, 4) is 0 Å². The highest BCUT2D eigenvalue weighted by molar-refractivity contribution is 7.09. The third-order valence-corrected chi connectivity index (χ3v) is 3.38. The minimum atomic E-state index is 0.648. The van der Waals surface area contributed by atoms with Crippen LogP contribution in [0.5, 0.6) is 0 Å². The first kappa shape index (κ1) is 12.5. The van der Waals surface area contributed by atoms with E-state index in [4.69, 9.17) is 0 Å². The normalized spacial score (nSPS) is 12.6. The number of allylic oxidation sites excluding steroid dienone is 1. The van der Waals surface area contributed by atoms with Crippen molar-refractivity contribution in [3.05, 3.63) is 35.0 Å². The molecule has 1 aromatic heterocycles. The molecule has 15 heavy (non-hydrogen) atoms. The van der Waals surface area contributed by atoms with Gasteiger partial charge in [0, 0.05) is 17.5 Å². The highest BCUT2D eigenvalue weighted by Crippen LogP contribution is 2.10. The van der Waals surface area contributed by atoms with E-state index in [1.165, 1.54) is 24.1 Å². The molecule has 0 aliphatic heterocycles. The summed E-state index contributed by atoms with van der Waals surface area (Å²) in [7, 11) is 0. The van der Waals surface area contributed by atoms with Crippen molar-refractivity contribution in [2.75, 3.05) is 0 Å². The fraction of sp³-hybridized carbons (Fsp3) is 0.538. The molecule has 1 N–H and O–H groups in total. The summed E-state index contributed by atoms with van der Waals surface area (Å²) in [5.41, 5.74) is 0. The maximum atomic E-state index is 3.78. The summed E-state index contributed by atoms with van der Waals surface area (Å²) in [6.45, 7) is 7.03. The van der Waals surface area contributed by atoms with E-state index in [1.54, 1.807) is 0 Å². The molecule has 0 aromatic carbocycles. The van der Waals surface area contributed by atoms with Crippen molar-refractivity contribution in [2.24, 2.45) is 0 Å². The number of hydrogen-bond donors (Lipinski definition) is 1. The highest BCUT2D eigenvalue weighted by Gasteiger charge is 2.05. The van der Waals surface area contributed by atoms with Crippen molar-refractivity contribution in [3.63, 3.8) is 0 Å². The number of nitrogens with one attached hydrogen (secondary N) is 1. The van der Waals surface area contributed by atoms with Gasteiger partial charge in [-0.05, 0) is 30.7 Å². The monoisotopic (exact) mass is 223 g/mol. The van der Waals surface area contributed by atoms with E-state index in [9.17, 15) is 0 Å². The maximum Gasteiger partial charge on any atom is 0.0302 e. The van der Waals surface area contributed by atoms with Crippen molar-refractivity contribution in [2.45, 2.75) is 45.2 Å². The van der Waals surface area contributed by atoms with Gasteiger partial charge in [0.1, 0.15) is 0 Å². The van der Waals surface area contributed by atoms with Crippen LogP contribution in [-0.4, -0.2) is 6.04 Å². The van der Waals surface area contributed by atoms with E-state index < -0.39 is 0 Å². The van der Waals surface area contributed by atoms with Gasteiger partial charge in [-0.15, -0.1) is 17.9 Å². The first-order chi connectivity index (χ1) is 7.36. The Morgan fingerprint density at radius 3 is 3.00 bits per heavy atom. The molecule has 0 saturated carbocycles. The summed E-state index contributed by atoms with van der Waals surface area (Å²) in [5, 5.41) is 5.76. The topological polar surface area (TPSA) is 12.0 Å². The second-order valence-electron chi connectivity index (χ2n) is 3.81. The second kappa shape index (κ2) is 7.66. The van der Waals surface area contributed by atoms with Crippen LogP contribution >= 0.6 is 11.3 Å². The Balaban J connectivity index is 2.27. The van der Waals surface area contributed by atoms with Crippen LogP contribution in [-0.2, 0) is 6.54 Å². The third kappa shape index (κ3) is 5.14. The van der Waals surface area contributed by atoms with Gasteiger partial charge in [0.2, 0.25) is 0 Å². The summed E-state index contributed by atoms with van der Waals surface area (Å²) in [6, 6.07) is 4.95. The van der Waals surface area contributed by atoms with Gasteiger partial charge in [0.05, 0.1) is 0 Å². The van der Waals surface area contributed by atoms with Crippen molar-refractivity contribution in [1.29, 1.82) is 0 Å². The molecule has 1 aromatic rings. The summed E-state index contributed by atoms with van der Waals surface area (Å²) in [6.07, 6.45) is 6.85. The summed E-state index contributed by atoms with van der Waals surface area (Å²) >= 11 is 1.82. The van der Waals surface area contributed by atoms with Crippen LogP contribution in [0.3, 0.4) is 0 Å². The molecule has 1 heterocycles. The molecule has 0 saturated heterocycles. The standard InChI is InChI=1S/C13H21NS/c1-3-5-8-12(7-4-2)14-11-13-9-6-10-15-13/h3,6,9-10,12,14H,1,4-5,7-8,11H2,2H3. The first-order valence-corrected chi connectivity index (χ1v) is 6.61. The van der Waals surface area contributed by atoms with Crippen molar-refractivity contribution < 1.29 is 0 Å². The van der Waals surface area contributed by atoms with Crippen LogP contribution in [0.15, 0.2) is 30.2 Å².